The van der Waals surface area contributed by atoms with Gasteiger partial charge in [-0.15, -0.1) is 11.3 Å². The number of hydrogen-bond acceptors (Lipinski definition) is 7. The van der Waals surface area contributed by atoms with Gasteiger partial charge < -0.3 is 25.0 Å². The van der Waals surface area contributed by atoms with E-state index in [0.29, 0.717) is 42.1 Å². The van der Waals surface area contributed by atoms with Gasteiger partial charge in [-0.25, -0.2) is 9.18 Å². The molecule has 214 valence electrons. The molecule has 0 aliphatic heterocycles. The third-order valence-electron chi connectivity index (χ3n) is 6.56. The highest BCUT2D eigenvalue weighted by Crippen LogP contribution is 2.39. The minimum Gasteiger partial charge on any atom is -0.453 e. The van der Waals surface area contributed by atoms with Crippen molar-refractivity contribution in [1.29, 1.82) is 0 Å². The Kier molecular flexibility index (Phi) is 8.70. The van der Waals surface area contributed by atoms with Crippen molar-refractivity contribution < 1.29 is 27.8 Å². The molecular weight excluding hydrogens is 552 g/mol. The second kappa shape index (κ2) is 12.6. The molecule has 1 fully saturated rings. The molecule has 0 bridgehead atoms. The molecule has 3 amide bonds. The average Bonchev–Trinajstić information content (AvgIpc) is 3.66. The first-order valence-corrected chi connectivity index (χ1v) is 14.0. The lowest BCUT2D eigenvalue weighted by molar-refractivity contribution is -0.129. The SMILES string of the molecule is COCCN(CCc1ccc(-c2cc3nccc(Oc4ccc(NC(=O)NC5CC5)c(F)c4F)c3s2)nc1)C(C)=O. The van der Waals surface area contributed by atoms with E-state index in [9.17, 15) is 18.4 Å². The van der Waals surface area contributed by atoms with Crippen LogP contribution in [-0.4, -0.2) is 59.7 Å². The Morgan fingerprint density at radius 2 is 1.90 bits per heavy atom. The van der Waals surface area contributed by atoms with Gasteiger partial charge in [-0.05, 0) is 49.1 Å². The molecule has 0 atom stereocenters. The topological polar surface area (TPSA) is 106 Å². The number of nitrogens with one attached hydrogen (secondary N) is 2. The number of amides is 3. The van der Waals surface area contributed by atoms with Crippen molar-refractivity contribution >= 4 is 39.2 Å². The predicted molar refractivity (Wildman–Crippen MR) is 152 cm³/mol. The first-order valence-electron chi connectivity index (χ1n) is 13.1. The number of anilines is 1. The minimum atomic E-state index is -1.21. The van der Waals surface area contributed by atoms with Gasteiger partial charge in [0.15, 0.2) is 11.6 Å². The third-order valence-corrected chi connectivity index (χ3v) is 7.72. The van der Waals surface area contributed by atoms with Gasteiger partial charge in [0.25, 0.3) is 0 Å². The van der Waals surface area contributed by atoms with Gasteiger partial charge in [-0.3, -0.25) is 14.8 Å². The molecule has 4 aromatic rings. The lowest BCUT2D eigenvalue weighted by Crippen LogP contribution is -2.33. The fourth-order valence-corrected chi connectivity index (χ4v) is 5.17. The maximum absolute atomic E-state index is 14.9. The largest absolute Gasteiger partial charge is 0.453 e. The third kappa shape index (κ3) is 6.95. The van der Waals surface area contributed by atoms with Gasteiger partial charge in [-0.2, -0.15) is 4.39 Å². The van der Waals surface area contributed by atoms with E-state index < -0.39 is 17.7 Å². The number of rotatable bonds is 11. The molecule has 41 heavy (non-hydrogen) atoms. The van der Waals surface area contributed by atoms with Crippen LogP contribution in [0, 0.1) is 11.6 Å². The number of halogens is 2. The van der Waals surface area contributed by atoms with Crippen molar-refractivity contribution in [2.45, 2.75) is 32.2 Å². The molecule has 1 saturated carbocycles. The zero-order valence-corrected chi connectivity index (χ0v) is 23.4. The number of methoxy groups -OCH3 is 1. The van der Waals surface area contributed by atoms with Crippen LogP contribution >= 0.6 is 11.3 Å². The number of benzene rings is 1. The summed E-state index contributed by atoms with van der Waals surface area (Å²) in [6.07, 6.45) is 5.71. The van der Waals surface area contributed by atoms with Crippen LogP contribution in [0.1, 0.15) is 25.3 Å². The molecule has 0 spiro atoms. The number of ether oxygens (including phenoxy) is 2. The van der Waals surface area contributed by atoms with Crippen LogP contribution in [0.3, 0.4) is 0 Å². The van der Waals surface area contributed by atoms with Gasteiger partial charge in [0.05, 0.1) is 33.1 Å². The standard InChI is InChI=1S/C29H29F2N5O4S/c1-17(37)36(13-14-39-2)12-10-18-3-6-20(33-16-18)25-15-22-28(41-25)24(9-11-32-22)40-23-8-7-21(26(30)27(23)31)35-29(38)34-19-4-5-19/h3,6-9,11,15-16,19H,4-5,10,12-14H2,1-2H3,(H2,34,35,38). The summed E-state index contributed by atoms with van der Waals surface area (Å²) in [5, 5.41) is 5.00. The van der Waals surface area contributed by atoms with Crippen molar-refractivity contribution in [1.82, 2.24) is 20.2 Å². The summed E-state index contributed by atoms with van der Waals surface area (Å²) < 4.78 is 41.1. The second-order valence-corrected chi connectivity index (χ2v) is 10.7. The minimum absolute atomic E-state index is 0.00562. The first kappa shape index (κ1) is 28.4. The van der Waals surface area contributed by atoms with Crippen molar-refractivity contribution in [3.05, 3.63) is 66.0 Å². The number of thiophene rings is 1. The predicted octanol–water partition coefficient (Wildman–Crippen LogP) is 5.75. The number of carbonyl (C=O) groups excluding carboxylic acids is 2. The summed E-state index contributed by atoms with van der Waals surface area (Å²) in [6, 6.07) is 9.34. The summed E-state index contributed by atoms with van der Waals surface area (Å²) in [5.41, 5.74) is 2.06. The summed E-state index contributed by atoms with van der Waals surface area (Å²) in [7, 11) is 1.60. The highest BCUT2D eigenvalue weighted by atomic mass is 32.1. The fraction of sp³-hybridized carbons (Fsp3) is 0.310. The van der Waals surface area contributed by atoms with E-state index in [1.807, 2.05) is 18.2 Å². The zero-order valence-electron chi connectivity index (χ0n) is 22.6. The number of carbonyl (C=O) groups is 2. The smallest absolute Gasteiger partial charge is 0.319 e. The van der Waals surface area contributed by atoms with E-state index in [-0.39, 0.29) is 23.4 Å². The van der Waals surface area contributed by atoms with E-state index in [1.165, 1.54) is 29.7 Å². The Hall–Kier alpha value is -4.16. The lowest BCUT2D eigenvalue weighted by Gasteiger charge is -2.20. The summed E-state index contributed by atoms with van der Waals surface area (Å²) in [4.78, 5) is 35.3. The Morgan fingerprint density at radius 1 is 1.07 bits per heavy atom. The van der Waals surface area contributed by atoms with Crippen LogP contribution in [0.2, 0.25) is 0 Å². The molecule has 1 aromatic carbocycles. The normalized spacial score (nSPS) is 12.8. The Labute approximate surface area is 239 Å². The maximum Gasteiger partial charge on any atom is 0.319 e. The van der Waals surface area contributed by atoms with E-state index in [0.717, 1.165) is 29.0 Å². The average molecular weight is 582 g/mol. The van der Waals surface area contributed by atoms with Crippen LogP contribution < -0.4 is 15.4 Å². The number of aromatic nitrogens is 2. The fourth-order valence-electron chi connectivity index (χ4n) is 4.13. The molecule has 0 unspecified atom stereocenters. The van der Waals surface area contributed by atoms with Gasteiger partial charge in [0, 0.05) is 51.6 Å². The Bertz CT molecular complexity index is 1560. The lowest BCUT2D eigenvalue weighted by atomic mass is 10.1. The quantitative estimate of drug-likeness (QED) is 0.234. The van der Waals surface area contributed by atoms with Gasteiger partial charge in [0.1, 0.15) is 5.75 Å². The van der Waals surface area contributed by atoms with E-state index >= 15 is 0 Å². The monoisotopic (exact) mass is 581 g/mol. The van der Waals surface area contributed by atoms with E-state index in [1.54, 1.807) is 31.2 Å². The molecular formula is C29H29F2N5O4S. The number of urea groups is 1. The molecule has 0 saturated heterocycles. The number of nitrogens with zero attached hydrogens (tertiary/aromatic N) is 3. The first-order chi connectivity index (χ1) is 19.8. The summed E-state index contributed by atoms with van der Waals surface area (Å²) in [5.74, 6) is -2.42. The zero-order chi connectivity index (χ0) is 28.9. The summed E-state index contributed by atoms with van der Waals surface area (Å²) >= 11 is 1.37. The maximum atomic E-state index is 14.9. The molecule has 3 aromatic heterocycles. The highest BCUT2D eigenvalue weighted by Gasteiger charge is 2.24. The Balaban J connectivity index is 1.29. The summed E-state index contributed by atoms with van der Waals surface area (Å²) in [6.45, 7) is 3.12. The van der Waals surface area contributed by atoms with Crippen molar-refractivity contribution in [3.63, 3.8) is 0 Å². The molecule has 5 rings (SSSR count). The van der Waals surface area contributed by atoms with Crippen molar-refractivity contribution in [3.8, 4) is 22.1 Å². The van der Waals surface area contributed by atoms with E-state index in [2.05, 4.69) is 20.6 Å². The van der Waals surface area contributed by atoms with E-state index in [4.69, 9.17) is 9.47 Å². The highest BCUT2D eigenvalue weighted by molar-refractivity contribution is 7.22. The van der Waals surface area contributed by atoms with Crippen LogP contribution in [0.4, 0.5) is 19.3 Å². The second-order valence-electron chi connectivity index (χ2n) is 9.65. The van der Waals surface area contributed by atoms with Gasteiger partial charge in [-0.1, -0.05) is 6.07 Å². The van der Waals surface area contributed by atoms with Gasteiger partial charge in [0.2, 0.25) is 11.7 Å². The molecule has 12 heteroatoms. The molecule has 9 nitrogen and oxygen atoms in total. The molecule has 1 aliphatic rings. The van der Waals surface area contributed by atoms with Crippen molar-refractivity contribution in [2.24, 2.45) is 0 Å². The number of hydrogen-bond donors (Lipinski definition) is 2. The molecule has 1 aliphatic carbocycles. The number of fused-ring (bicyclic) bond motifs is 1. The number of pyridine rings is 2. The van der Waals surface area contributed by atoms with Crippen LogP contribution in [0.25, 0.3) is 20.8 Å². The van der Waals surface area contributed by atoms with Gasteiger partial charge >= 0.3 is 6.03 Å². The van der Waals surface area contributed by atoms with Crippen molar-refractivity contribution in [2.75, 3.05) is 32.1 Å². The van der Waals surface area contributed by atoms with Crippen LogP contribution in [-0.2, 0) is 16.0 Å². The van der Waals surface area contributed by atoms with Crippen LogP contribution in [0.15, 0.2) is 48.8 Å². The van der Waals surface area contributed by atoms with Crippen LogP contribution in [0.5, 0.6) is 11.5 Å². The molecule has 2 N–H and O–H groups in total. The Morgan fingerprint density at radius 3 is 2.61 bits per heavy atom. The molecule has 3 heterocycles. The molecule has 0 radical (unpaired) electrons.